The lowest BCUT2D eigenvalue weighted by atomic mass is 9.84. The number of benzene rings is 1. The number of rotatable bonds is 5. The van der Waals surface area contributed by atoms with Gasteiger partial charge in [-0.15, -0.1) is 0 Å². The van der Waals surface area contributed by atoms with Crippen molar-refractivity contribution in [2.24, 2.45) is 5.73 Å². The van der Waals surface area contributed by atoms with Crippen LogP contribution in [0.2, 0.25) is 5.02 Å². The van der Waals surface area contributed by atoms with Crippen LogP contribution in [-0.4, -0.2) is 31.2 Å². The van der Waals surface area contributed by atoms with Crippen LogP contribution >= 0.6 is 11.6 Å². The van der Waals surface area contributed by atoms with Crippen LogP contribution < -0.4 is 11.1 Å². The molecule has 4 nitrogen and oxygen atoms in total. The number of nitrogens with one attached hydrogen (secondary N) is 1. The summed E-state index contributed by atoms with van der Waals surface area (Å²) in [5.41, 5.74) is 6.47. The molecule has 2 rings (SSSR count). The van der Waals surface area contributed by atoms with Crippen LogP contribution in [0.3, 0.4) is 0 Å². The van der Waals surface area contributed by atoms with E-state index in [1.54, 1.807) is 0 Å². The fourth-order valence-corrected chi connectivity index (χ4v) is 2.70. The van der Waals surface area contributed by atoms with Crippen molar-refractivity contribution in [1.82, 2.24) is 5.32 Å². The van der Waals surface area contributed by atoms with Gasteiger partial charge in [-0.3, -0.25) is 4.79 Å². The molecule has 1 aliphatic heterocycles. The summed E-state index contributed by atoms with van der Waals surface area (Å²) in [5, 5.41) is 3.69. The zero-order chi connectivity index (χ0) is 15.5. The second-order valence-electron chi connectivity index (χ2n) is 6.17. The van der Waals surface area contributed by atoms with Gasteiger partial charge in [0.05, 0.1) is 6.10 Å². The molecule has 116 valence electrons. The van der Waals surface area contributed by atoms with Crippen molar-refractivity contribution in [3.8, 4) is 0 Å². The van der Waals surface area contributed by atoms with Gasteiger partial charge in [-0.25, -0.2) is 0 Å². The highest BCUT2D eigenvalue weighted by molar-refractivity contribution is 6.30. The van der Waals surface area contributed by atoms with Gasteiger partial charge in [0.25, 0.3) is 0 Å². The van der Waals surface area contributed by atoms with Gasteiger partial charge >= 0.3 is 0 Å². The van der Waals surface area contributed by atoms with Crippen molar-refractivity contribution < 1.29 is 9.53 Å². The lowest BCUT2D eigenvalue weighted by Gasteiger charge is -2.26. The van der Waals surface area contributed by atoms with Crippen LogP contribution in [0, 0.1) is 0 Å². The molecule has 1 saturated heterocycles. The number of carbonyl (C=O) groups excluding carboxylic acids is 1. The molecule has 0 bridgehead atoms. The first kappa shape index (κ1) is 16.3. The first-order chi connectivity index (χ1) is 9.92. The molecule has 0 saturated carbocycles. The maximum absolute atomic E-state index is 12.1. The van der Waals surface area contributed by atoms with Crippen LogP contribution in [0.25, 0.3) is 0 Å². The maximum Gasteiger partial charge on any atom is 0.249 e. The summed E-state index contributed by atoms with van der Waals surface area (Å²) in [7, 11) is 0. The molecule has 3 N–H and O–H groups in total. The van der Waals surface area contributed by atoms with Crippen molar-refractivity contribution in [2.75, 3.05) is 13.1 Å². The Labute approximate surface area is 131 Å². The van der Waals surface area contributed by atoms with E-state index in [9.17, 15) is 4.79 Å². The molecular formula is C16H23ClN2O2. The summed E-state index contributed by atoms with van der Waals surface area (Å²) in [6.45, 7) is 5.17. The Kier molecular flexibility index (Phi) is 5.25. The molecule has 5 heteroatoms. The number of hydrogen-bond donors (Lipinski definition) is 2. The van der Waals surface area contributed by atoms with Crippen molar-refractivity contribution in [3.63, 3.8) is 0 Å². The summed E-state index contributed by atoms with van der Waals surface area (Å²) in [6.07, 6.45) is 1.24. The molecular weight excluding hydrogens is 288 g/mol. The topological polar surface area (TPSA) is 64.4 Å². The molecule has 0 radical (unpaired) electrons. The highest BCUT2D eigenvalue weighted by Gasteiger charge is 2.31. The van der Waals surface area contributed by atoms with Gasteiger partial charge in [0, 0.05) is 23.5 Å². The molecule has 0 spiro atoms. The molecule has 1 aromatic carbocycles. The van der Waals surface area contributed by atoms with Crippen molar-refractivity contribution in [2.45, 2.75) is 44.3 Å². The molecule has 21 heavy (non-hydrogen) atoms. The number of amides is 1. The second-order valence-corrected chi connectivity index (χ2v) is 6.61. The second kappa shape index (κ2) is 6.77. The Bertz CT molecular complexity index is 505. The standard InChI is InChI=1S/C16H23ClN2O2/c1-16(2,11-4-3-5-12(17)8-11)10-19-15(20)14-7-6-13(9-18)21-14/h3-5,8,13-14H,6-7,9-10,18H2,1-2H3,(H,19,20)/t13-,14+/m1/s1. The Hall–Kier alpha value is -1.10. The largest absolute Gasteiger partial charge is 0.364 e. The molecule has 1 amide bonds. The minimum atomic E-state index is -0.367. The van der Waals surface area contributed by atoms with Gasteiger partial charge in [0.2, 0.25) is 5.91 Å². The predicted molar refractivity (Wildman–Crippen MR) is 84.4 cm³/mol. The molecule has 0 aliphatic carbocycles. The van der Waals surface area contributed by atoms with Gasteiger partial charge in [0.15, 0.2) is 0 Å². The first-order valence-electron chi connectivity index (χ1n) is 7.31. The van der Waals surface area contributed by atoms with E-state index in [-0.39, 0.29) is 23.5 Å². The lowest BCUT2D eigenvalue weighted by Crippen LogP contribution is -2.42. The van der Waals surface area contributed by atoms with E-state index >= 15 is 0 Å². The number of hydrogen-bond acceptors (Lipinski definition) is 3. The van der Waals surface area contributed by atoms with Gasteiger partial charge < -0.3 is 15.8 Å². The van der Waals surface area contributed by atoms with Gasteiger partial charge in [0.1, 0.15) is 6.10 Å². The van der Waals surface area contributed by atoms with Crippen LogP contribution in [0.4, 0.5) is 0 Å². The van der Waals surface area contributed by atoms with E-state index in [4.69, 9.17) is 22.1 Å². The van der Waals surface area contributed by atoms with Crippen LogP contribution in [0.1, 0.15) is 32.3 Å². The Morgan fingerprint density at radius 2 is 2.24 bits per heavy atom. The quantitative estimate of drug-likeness (QED) is 0.876. The van der Waals surface area contributed by atoms with Crippen LogP contribution in [-0.2, 0) is 14.9 Å². The van der Waals surface area contributed by atoms with E-state index in [2.05, 4.69) is 19.2 Å². The number of nitrogens with two attached hydrogens (primary N) is 1. The fraction of sp³-hybridized carbons (Fsp3) is 0.562. The summed E-state index contributed by atoms with van der Waals surface area (Å²) < 4.78 is 5.60. The SMILES string of the molecule is CC(C)(CNC(=O)[C@@H]1CC[C@H](CN)O1)c1cccc(Cl)c1. The summed E-state index contributed by atoms with van der Waals surface area (Å²) in [4.78, 5) is 12.1. The molecule has 1 aromatic rings. The lowest BCUT2D eigenvalue weighted by molar-refractivity contribution is -0.132. The van der Waals surface area contributed by atoms with E-state index in [1.807, 2.05) is 24.3 Å². The first-order valence-corrected chi connectivity index (χ1v) is 7.69. The molecule has 1 heterocycles. The van der Waals surface area contributed by atoms with E-state index in [0.717, 1.165) is 18.4 Å². The zero-order valence-electron chi connectivity index (χ0n) is 12.6. The average molecular weight is 311 g/mol. The Balaban J connectivity index is 1.91. The number of ether oxygens (including phenoxy) is 1. The molecule has 0 aromatic heterocycles. The summed E-state index contributed by atoms with van der Waals surface area (Å²) in [6, 6.07) is 7.73. The van der Waals surface area contributed by atoms with Gasteiger partial charge in [-0.1, -0.05) is 37.6 Å². The minimum absolute atomic E-state index is 0.0155. The average Bonchev–Trinajstić information content (AvgIpc) is 2.94. The summed E-state index contributed by atoms with van der Waals surface area (Å²) >= 11 is 6.03. The number of halogens is 1. The van der Waals surface area contributed by atoms with Crippen molar-refractivity contribution >= 4 is 17.5 Å². The third-order valence-electron chi connectivity index (χ3n) is 3.97. The third-order valence-corrected chi connectivity index (χ3v) is 4.21. The highest BCUT2D eigenvalue weighted by atomic mass is 35.5. The van der Waals surface area contributed by atoms with E-state index in [1.165, 1.54) is 0 Å². The maximum atomic E-state index is 12.1. The minimum Gasteiger partial charge on any atom is -0.364 e. The van der Waals surface area contributed by atoms with Gasteiger partial charge in [-0.2, -0.15) is 0 Å². The third kappa shape index (κ3) is 4.19. The molecule has 1 fully saturated rings. The van der Waals surface area contributed by atoms with E-state index in [0.29, 0.717) is 18.1 Å². The predicted octanol–water partition coefficient (Wildman–Crippen LogP) is 2.24. The fourth-order valence-electron chi connectivity index (χ4n) is 2.51. The smallest absolute Gasteiger partial charge is 0.249 e. The van der Waals surface area contributed by atoms with Crippen LogP contribution in [0.15, 0.2) is 24.3 Å². The van der Waals surface area contributed by atoms with Gasteiger partial charge in [-0.05, 0) is 30.5 Å². The molecule has 0 unspecified atom stereocenters. The number of carbonyl (C=O) groups is 1. The molecule has 2 atom stereocenters. The van der Waals surface area contributed by atoms with E-state index < -0.39 is 0 Å². The summed E-state index contributed by atoms with van der Waals surface area (Å²) in [5.74, 6) is -0.0546. The van der Waals surface area contributed by atoms with Crippen LogP contribution in [0.5, 0.6) is 0 Å². The van der Waals surface area contributed by atoms with Crippen molar-refractivity contribution in [1.29, 1.82) is 0 Å². The highest BCUT2D eigenvalue weighted by Crippen LogP contribution is 2.25. The molecule has 1 aliphatic rings. The normalized spacial score (nSPS) is 22.3. The Morgan fingerprint density at radius 3 is 2.86 bits per heavy atom. The zero-order valence-corrected chi connectivity index (χ0v) is 13.3. The van der Waals surface area contributed by atoms with Crippen molar-refractivity contribution in [3.05, 3.63) is 34.9 Å². The monoisotopic (exact) mass is 310 g/mol. The Morgan fingerprint density at radius 1 is 1.48 bits per heavy atom.